The molecule has 0 fully saturated rings. The quantitative estimate of drug-likeness (QED) is 0.781. The van der Waals surface area contributed by atoms with Gasteiger partial charge in [-0.15, -0.1) is 0 Å². The molecule has 130 valence electrons. The smallest absolute Gasteiger partial charge is 0.303 e. The Morgan fingerprint density at radius 2 is 2.04 bits per heavy atom. The van der Waals surface area contributed by atoms with Crippen LogP contribution in [0.5, 0.6) is 0 Å². The van der Waals surface area contributed by atoms with Crippen molar-refractivity contribution in [2.75, 3.05) is 0 Å². The molecule has 0 spiro atoms. The summed E-state index contributed by atoms with van der Waals surface area (Å²) in [7, 11) is 0. The molecule has 7 heteroatoms. The molecule has 3 rings (SSSR count). The first-order chi connectivity index (χ1) is 12.0. The first kappa shape index (κ1) is 17.2. The van der Waals surface area contributed by atoms with Gasteiger partial charge >= 0.3 is 5.97 Å². The summed E-state index contributed by atoms with van der Waals surface area (Å²) in [5.74, 6) is -0.298. The summed E-state index contributed by atoms with van der Waals surface area (Å²) in [6.45, 7) is 2.79. The second kappa shape index (κ2) is 7.11. The number of ether oxygens (including phenoxy) is 1. The number of furan rings is 1. The summed E-state index contributed by atoms with van der Waals surface area (Å²) >= 11 is 5.93. The summed E-state index contributed by atoms with van der Waals surface area (Å²) in [6.07, 6.45) is 1.12. The molecule has 0 bridgehead atoms. The molecule has 0 saturated carbocycles. The van der Waals surface area contributed by atoms with Crippen LogP contribution >= 0.6 is 11.6 Å². The largest absolute Gasteiger partial charge is 0.467 e. The maximum Gasteiger partial charge on any atom is 0.303 e. The Kier molecular flexibility index (Phi) is 4.90. The van der Waals surface area contributed by atoms with E-state index in [2.05, 4.69) is 5.10 Å². The van der Waals surface area contributed by atoms with Gasteiger partial charge in [0.05, 0.1) is 12.0 Å². The molecule has 25 heavy (non-hydrogen) atoms. The van der Waals surface area contributed by atoms with E-state index in [0.29, 0.717) is 17.2 Å². The second-order valence-electron chi connectivity index (χ2n) is 5.72. The first-order valence-electron chi connectivity index (χ1n) is 7.83. The van der Waals surface area contributed by atoms with Crippen molar-refractivity contribution >= 4 is 29.2 Å². The highest BCUT2D eigenvalue weighted by Crippen LogP contribution is 2.33. The lowest BCUT2D eigenvalue weighted by atomic mass is 10.0. The Bertz CT molecular complexity index is 799. The number of hydrogen-bond donors (Lipinski definition) is 0. The molecule has 2 heterocycles. The predicted molar refractivity (Wildman–Crippen MR) is 92.1 cm³/mol. The van der Waals surface area contributed by atoms with Crippen molar-refractivity contribution in [3.63, 3.8) is 0 Å². The van der Waals surface area contributed by atoms with Gasteiger partial charge in [-0.2, -0.15) is 5.10 Å². The number of amides is 1. The summed E-state index contributed by atoms with van der Waals surface area (Å²) in [6, 6.07) is 10.4. The molecule has 0 aliphatic carbocycles. The zero-order chi connectivity index (χ0) is 18.0. The van der Waals surface area contributed by atoms with E-state index in [4.69, 9.17) is 20.8 Å². The lowest BCUT2D eigenvalue weighted by molar-refractivity contribution is -0.158. The number of carbonyl (C=O) groups excluding carboxylic acids is 2. The number of hydrazone groups is 1. The first-order valence-corrected chi connectivity index (χ1v) is 8.20. The molecule has 1 aliphatic heterocycles. The van der Waals surface area contributed by atoms with Crippen LogP contribution in [0.1, 0.15) is 37.6 Å². The van der Waals surface area contributed by atoms with Gasteiger partial charge < -0.3 is 9.15 Å². The van der Waals surface area contributed by atoms with Gasteiger partial charge in [0.25, 0.3) is 5.91 Å². The standard InChI is InChI=1S/C18H17ClN2O4/c1-11(25-12(2)22)18(23)21-16(17-4-3-9-24-17)10-15(20-21)13-5-7-14(19)8-6-13/h3-9,11,16H,10H2,1-2H3/t11-,16+/m1/s1. The maximum absolute atomic E-state index is 12.7. The summed E-state index contributed by atoms with van der Waals surface area (Å²) < 4.78 is 10.5. The fourth-order valence-corrected chi connectivity index (χ4v) is 2.84. The van der Waals surface area contributed by atoms with Crippen LogP contribution in [0.2, 0.25) is 5.02 Å². The molecular formula is C18H17ClN2O4. The van der Waals surface area contributed by atoms with Gasteiger partial charge in [-0.25, -0.2) is 5.01 Å². The van der Waals surface area contributed by atoms with Crippen LogP contribution in [0.15, 0.2) is 52.2 Å². The average Bonchev–Trinajstić information content (AvgIpc) is 3.23. The Morgan fingerprint density at radius 1 is 1.32 bits per heavy atom. The normalized spacial score (nSPS) is 18.0. The van der Waals surface area contributed by atoms with Gasteiger partial charge in [0, 0.05) is 18.4 Å². The van der Waals surface area contributed by atoms with Crippen LogP contribution in [-0.2, 0) is 14.3 Å². The van der Waals surface area contributed by atoms with E-state index in [-0.39, 0.29) is 6.04 Å². The van der Waals surface area contributed by atoms with Crippen LogP contribution in [-0.4, -0.2) is 28.7 Å². The summed E-state index contributed by atoms with van der Waals surface area (Å²) in [4.78, 5) is 23.8. The number of esters is 1. The molecule has 1 aromatic carbocycles. The summed E-state index contributed by atoms with van der Waals surface area (Å²) in [5.41, 5.74) is 1.61. The number of hydrogen-bond acceptors (Lipinski definition) is 5. The van der Waals surface area contributed by atoms with Crippen molar-refractivity contribution in [1.82, 2.24) is 5.01 Å². The van der Waals surface area contributed by atoms with E-state index >= 15 is 0 Å². The van der Waals surface area contributed by atoms with Crippen molar-refractivity contribution < 1.29 is 18.7 Å². The second-order valence-corrected chi connectivity index (χ2v) is 6.16. The maximum atomic E-state index is 12.7. The van der Waals surface area contributed by atoms with Gasteiger partial charge in [-0.3, -0.25) is 9.59 Å². The van der Waals surface area contributed by atoms with Crippen molar-refractivity contribution in [3.05, 3.63) is 59.0 Å². The van der Waals surface area contributed by atoms with E-state index in [1.54, 1.807) is 30.5 Å². The van der Waals surface area contributed by atoms with Crippen molar-refractivity contribution in [2.45, 2.75) is 32.4 Å². The highest BCUT2D eigenvalue weighted by molar-refractivity contribution is 6.30. The zero-order valence-corrected chi connectivity index (χ0v) is 14.6. The highest BCUT2D eigenvalue weighted by Gasteiger charge is 2.37. The Morgan fingerprint density at radius 3 is 2.64 bits per heavy atom. The van der Waals surface area contributed by atoms with Crippen LogP contribution in [0.25, 0.3) is 0 Å². The van der Waals surface area contributed by atoms with Gasteiger partial charge in [-0.05, 0) is 36.8 Å². The minimum absolute atomic E-state index is 0.383. The highest BCUT2D eigenvalue weighted by atomic mass is 35.5. The van der Waals surface area contributed by atoms with Crippen molar-refractivity contribution in [2.24, 2.45) is 5.10 Å². The van der Waals surface area contributed by atoms with Crippen LogP contribution in [0.4, 0.5) is 0 Å². The monoisotopic (exact) mass is 360 g/mol. The SMILES string of the molecule is CC(=O)O[C@H](C)C(=O)N1N=C(c2ccc(Cl)cc2)C[C@H]1c1ccco1. The van der Waals surface area contributed by atoms with E-state index < -0.39 is 18.0 Å². The molecule has 0 saturated heterocycles. The van der Waals surface area contributed by atoms with Gasteiger partial charge in [0.2, 0.25) is 0 Å². The molecule has 0 N–H and O–H groups in total. The summed E-state index contributed by atoms with van der Waals surface area (Å²) in [5, 5.41) is 6.42. The van der Waals surface area contributed by atoms with E-state index in [1.807, 2.05) is 12.1 Å². The minimum atomic E-state index is -0.928. The Hall–Kier alpha value is -2.60. The fraction of sp³-hybridized carbons (Fsp3) is 0.278. The van der Waals surface area contributed by atoms with Crippen molar-refractivity contribution in [3.8, 4) is 0 Å². The Balaban J connectivity index is 1.91. The molecule has 2 aromatic rings. The average molecular weight is 361 g/mol. The topological polar surface area (TPSA) is 72.1 Å². The number of benzene rings is 1. The molecule has 0 unspecified atom stereocenters. The van der Waals surface area contributed by atoms with Crippen LogP contribution < -0.4 is 0 Å². The number of nitrogens with zero attached hydrogens (tertiary/aromatic N) is 2. The molecule has 1 aromatic heterocycles. The molecular weight excluding hydrogens is 344 g/mol. The lowest BCUT2D eigenvalue weighted by Crippen LogP contribution is -2.36. The van der Waals surface area contributed by atoms with Crippen LogP contribution in [0.3, 0.4) is 0 Å². The Labute approximate surface area is 150 Å². The fourth-order valence-electron chi connectivity index (χ4n) is 2.72. The van der Waals surface area contributed by atoms with Crippen molar-refractivity contribution in [1.29, 1.82) is 0 Å². The van der Waals surface area contributed by atoms with Gasteiger partial charge in [0.1, 0.15) is 11.8 Å². The number of rotatable bonds is 4. The number of halogens is 1. The lowest BCUT2D eigenvalue weighted by Gasteiger charge is -2.22. The van der Waals surface area contributed by atoms with Gasteiger partial charge in [-0.1, -0.05) is 23.7 Å². The van der Waals surface area contributed by atoms with E-state index in [9.17, 15) is 9.59 Å². The molecule has 2 atom stereocenters. The van der Waals surface area contributed by atoms with E-state index in [1.165, 1.54) is 18.9 Å². The number of carbonyl (C=O) groups is 2. The van der Waals surface area contributed by atoms with E-state index in [0.717, 1.165) is 11.3 Å². The van der Waals surface area contributed by atoms with Crippen LogP contribution in [0, 0.1) is 0 Å². The molecule has 1 aliphatic rings. The molecule has 0 radical (unpaired) electrons. The third-order valence-corrected chi connectivity index (χ3v) is 4.13. The molecule has 1 amide bonds. The predicted octanol–water partition coefficient (Wildman–Crippen LogP) is 3.56. The third-order valence-electron chi connectivity index (χ3n) is 3.88. The third kappa shape index (κ3) is 3.74. The van der Waals surface area contributed by atoms with Gasteiger partial charge in [0.15, 0.2) is 6.10 Å². The molecule has 6 nitrogen and oxygen atoms in total. The minimum Gasteiger partial charge on any atom is -0.467 e. The zero-order valence-electron chi connectivity index (χ0n) is 13.8.